The van der Waals surface area contributed by atoms with Crippen LogP contribution in [-0.2, 0) is 4.74 Å². The van der Waals surface area contributed by atoms with Crippen LogP contribution in [0, 0.1) is 6.92 Å². The molecule has 0 saturated carbocycles. The van der Waals surface area contributed by atoms with Gasteiger partial charge in [-0.2, -0.15) is 0 Å². The summed E-state index contributed by atoms with van der Waals surface area (Å²) >= 11 is 0. The summed E-state index contributed by atoms with van der Waals surface area (Å²) in [5.74, 6) is -0.651. The van der Waals surface area contributed by atoms with Crippen molar-refractivity contribution in [2.24, 2.45) is 0 Å². The number of hydrogen-bond acceptors (Lipinski definition) is 7. The van der Waals surface area contributed by atoms with Crippen molar-refractivity contribution in [3.05, 3.63) is 71.2 Å². The minimum atomic E-state index is -0.522. The molecule has 0 unspecified atom stereocenters. The van der Waals surface area contributed by atoms with E-state index >= 15 is 0 Å². The third kappa shape index (κ3) is 5.04. The molecule has 2 heterocycles. The van der Waals surface area contributed by atoms with E-state index in [4.69, 9.17) is 9.26 Å². The van der Waals surface area contributed by atoms with Crippen molar-refractivity contribution in [2.75, 3.05) is 17.2 Å². The van der Waals surface area contributed by atoms with Crippen LogP contribution in [0.3, 0.4) is 0 Å². The Morgan fingerprint density at radius 2 is 1.66 bits per heavy atom. The minimum Gasteiger partial charge on any atom is -0.462 e. The lowest BCUT2D eigenvalue weighted by atomic mass is 10.2. The van der Waals surface area contributed by atoms with Gasteiger partial charge in [-0.05, 0) is 50.2 Å². The Balaban J connectivity index is 1.67. The molecule has 2 N–H and O–H groups in total. The molecular formula is C20H18N4O5. The number of aromatic nitrogens is 2. The van der Waals surface area contributed by atoms with Gasteiger partial charge in [-0.1, -0.05) is 11.2 Å². The van der Waals surface area contributed by atoms with Gasteiger partial charge in [-0.15, -0.1) is 0 Å². The third-order valence-corrected chi connectivity index (χ3v) is 3.74. The molecule has 9 nitrogen and oxygen atoms in total. The van der Waals surface area contributed by atoms with Gasteiger partial charge in [0.2, 0.25) is 0 Å². The molecule has 148 valence electrons. The SMILES string of the molecule is CCOC(=O)c1ccc(NC(=O)c2cccc(C(=O)Nc3cc(C)on3)n2)cc1. The molecule has 9 heteroatoms. The number of hydrogen-bond donors (Lipinski definition) is 2. The first-order valence-corrected chi connectivity index (χ1v) is 8.76. The van der Waals surface area contributed by atoms with Crippen molar-refractivity contribution in [2.45, 2.75) is 13.8 Å². The summed E-state index contributed by atoms with van der Waals surface area (Å²) in [6.07, 6.45) is 0. The number of esters is 1. The predicted molar refractivity (Wildman–Crippen MR) is 104 cm³/mol. The number of rotatable bonds is 6. The first-order valence-electron chi connectivity index (χ1n) is 8.76. The minimum absolute atomic E-state index is 0.0518. The summed E-state index contributed by atoms with van der Waals surface area (Å²) in [6, 6.07) is 12.3. The van der Waals surface area contributed by atoms with Crippen LogP contribution in [0.15, 0.2) is 53.1 Å². The highest BCUT2D eigenvalue weighted by atomic mass is 16.5. The average molecular weight is 394 g/mol. The lowest BCUT2D eigenvalue weighted by Crippen LogP contribution is -2.18. The van der Waals surface area contributed by atoms with Gasteiger partial charge < -0.3 is 19.9 Å². The molecule has 29 heavy (non-hydrogen) atoms. The molecule has 2 amide bonds. The first-order chi connectivity index (χ1) is 14.0. The van der Waals surface area contributed by atoms with Crippen LogP contribution in [0.4, 0.5) is 11.5 Å². The molecule has 0 aliphatic carbocycles. The number of carbonyl (C=O) groups excluding carboxylic acids is 3. The molecular weight excluding hydrogens is 376 g/mol. The number of pyridine rings is 1. The maximum Gasteiger partial charge on any atom is 0.338 e. The number of amides is 2. The van der Waals surface area contributed by atoms with Gasteiger partial charge in [0.05, 0.1) is 12.2 Å². The van der Waals surface area contributed by atoms with Gasteiger partial charge in [0.25, 0.3) is 11.8 Å². The van der Waals surface area contributed by atoms with Gasteiger partial charge in [-0.3, -0.25) is 9.59 Å². The molecule has 2 aromatic heterocycles. The second-order valence-corrected chi connectivity index (χ2v) is 5.94. The maximum absolute atomic E-state index is 12.4. The van der Waals surface area contributed by atoms with Crippen molar-refractivity contribution < 1.29 is 23.6 Å². The quantitative estimate of drug-likeness (QED) is 0.616. The molecule has 0 aliphatic heterocycles. The molecule has 0 saturated heterocycles. The zero-order chi connectivity index (χ0) is 20.8. The van der Waals surface area contributed by atoms with E-state index in [-0.39, 0.29) is 23.8 Å². The summed E-state index contributed by atoms with van der Waals surface area (Å²) < 4.78 is 9.80. The largest absolute Gasteiger partial charge is 0.462 e. The standard InChI is InChI=1S/C20H18N4O5/c1-3-28-20(27)13-7-9-14(10-8-13)21-18(25)15-5-4-6-16(22-15)19(26)23-17-11-12(2)29-24-17/h4-11H,3H2,1-2H3,(H,21,25)(H,23,24,26). The monoisotopic (exact) mass is 394 g/mol. The Morgan fingerprint density at radius 3 is 2.24 bits per heavy atom. The molecule has 0 atom stereocenters. The molecule has 1 aromatic carbocycles. The van der Waals surface area contributed by atoms with E-state index in [1.165, 1.54) is 12.1 Å². The highest BCUT2D eigenvalue weighted by Gasteiger charge is 2.14. The Kier molecular flexibility index (Phi) is 5.98. The molecule has 3 aromatic rings. The molecule has 0 bridgehead atoms. The van der Waals surface area contributed by atoms with Crippen LogP contribution in [-0.4, -0.2) is 34.5 Å². The highest BCUT2D eigenvalue weighted by Crippen LogP contribution is 2.13. The predicted octanol–water partition coefficient (Wildman–Crippen LogP) is 3.06. The molecule has 3 rings (SSSR count). The van der Waals surface area contributed by atoms with Crippen LogP contribution < -0.4 is 10.6 Å². The van der Waals surface area contributed by atoms with Gasteiger partial charge in [-0.25, -0.2) is 9.78 Å². The number of carbonyl (C=O) groups is 3. The number of anilines is 2. The molecule has 0 fully saturated rings. The highest BCUT2D eigenvalue weighted by molar-refractivity contribution is 6.06. The van der Waals surface area contributed by atoms with Gasteiger partial charge >= 0.3 is 5.97 Å². The lowest BCUT2D eigenvalue weighted by molar-refractivity contribution is 0.0526. The van der Waals surface area contributed by atoms with Gasteiger partial charge in [0.15, 0.2) is 5.82 Å². The lowest BCUT2D eigenvalue weighted by Gasteiger charge is -2.07. The Hall–Kier alpha value is -4.01. The fraction of sp³-hybridized carbons (Fsp3) is 0.150. The first kappa shape index (κ1) is 19.7. The van der Waals surface area contributed by atoms with Crippen molar-refractivity contribution in [1.82, 2.24) is 10.1 Å². The van der Waals surface area contributed by atoms with E-state index in [1.807, 2.05) is 0 Å². The second kappa shape index (κ2) is 8.79. The number of ether oxygens (including phenoxy) is 1. The number of benzene rings is 1. The fourth-order valence-electron chi connectivity index (χ4n) is 2.39. The Bertz CT molecular complexity index is 1040. The number of aryl methyl sites for hydroxylation is 1. The summed E-state index contributed by atoms with van der Waals surface area (Å²) in [7, 11) is 0. The zero-order valence-electron chi connectivity index (χ0n) is 15.8. The topological polar surface area (TPSA) is 123 Å². The fourth-order valence-corrected chi connectivity index (χ4v) is 2.39. The molecule has 0 radical (unpaired) electrons. The van der Waals surface area contributed by atoms with Crippen LogP contribution >= 0.6 is 0 Å². The van der Waals surface area contributed by atoms with Gasteiger partial charge in [0.1, 0.15) is 17.1 Å². The van der Waals surface area contributed by atoms with Crippen molar-refractivity contribution >= 4 is 29.3 Å². The van der Waals surface area contributed by atoms with Gasteiger partial charge in [0, 0.05) is 11.8 Å². The summed E-state index contributed by atoms with van der Waals surface area (Å²) in [4.78, 5) is 40.5. The normalized spacial score (nSPS) is 10.3. The third-order valence-electron chi connectivity index (χ3n) is 3.74. The molecule has 0 aliphatic rings. The smallest absolute Gasteiger partial charge is 0.338 e. The summed E-state index contributed by atoms with van der Waals surface area (Å²) in [6.45, 7) is 3.70. The number of nitrogens with zero attached hydrogens (tertiary/aromatic N) is 2. The Labute approximate surface area is 166 Å². The van der Waals surface area contributed by atoms with E-state index in [1.54, 1.807) is 50.2 Å². The van der Waals surface area contributed by atoms with E-state index in [9.17, 15) is 14.4 Å². The second-order valence-electron chi connectivity index (χ2n) is 5.94. The van der Waals surface area contributed by atoms with E-state index in [2.05, 4.69) is 20.8 Å². The number of nitrogens with one attached hydrogen (secondary N) is 2. The Morgan fingerprint density at radius 1 is 1.00 bits per heavy atom. The van der Waals surface area contributed by atoms with Crippen LogP contribution in [0.5, 0.6) is 0 Å². The van der Waals surface area contributed by atoms with Crippen molar-refractivity contribution in [1.29, 1.82) is 0 Å². The summed E-state index contributed by atoms with van der Waals surface area (Å²) in [5, 5.41) is 8.88. The molecule has 0 spiro atoms. The zero-order valence-corrected chi connectivity index (χ0v) is 15.8. The average Bonchev–Trinajstić information content (AvgIpc) is 3.13. The van der Waals surface area contributed by atoms with Crippen molar-refractivity contribution in [3.8, 4) is 0 Å². The van der Waals surface area contributed by atoms with Crippen LogP contribution in [0.1, 0.15) is 44.0 Å². The summed E-state index contributed by atoms with van der Waals surface area (Å²) in [5.41, 5.74) is 0.960. The van der Waals surface area contributed by atoms with Crippen LogP contribution in [0.2, 0.25) is 0 Å². The van der Waals surface area contributed by atoms with Crippen LogP contribution in [0.25, 0.3) is 0 Å². The van der Waals surface area contributed by atoms with Crippen molar-refractivity contribution in [3.63, 3.8) is 0 Å². The van der Waals surface area contributed by atoms with E-state index < -0.39 is 17.8 Å². The van der Waals surface area contributed by atoms with E-state index in [0.717, 1.165) is 0 Å². The van der Waals surface area contributed by atoms with E-state index in [0.29, 0.717) is 17.0 Å². The maximum atomic E-state index is 12.4.